The van der Waals surface area contributed by atoms with E-state index in [9.17, 15) is 19.0 Å². The number of hydrogen-bond donors (Lipinski definition) is 1. The highest BCUT2D eigenvalue weighted by molar-refractivity contribution is 7.47. The molecule has 1 unspecified atom stereocenters. The number of esters is 2. The molecule has 0 amide bonds. The summed E-state index contributed by atoms with van der Waals surface area (Å²) in [5, 5.41) is 0. The van der Waals surface area contributed by atoms with Crippen molar-refractivity contribution in [3.8, 4) is 0 Å². The Bertz CT molecular complexity index is 1350. The van der Waals surface area contributed by atoms with E-state index in [1.54, 1.807) is 0 Å². The zero-order chi connectivity index (χ0) is 42.8. The number of quaternary nitrogens is 1. The molecular weight excluding hydrogens is 750 g/mol. The molecule has 0 aromatic rings. The Morgan fingerprint density at radius 3 is 1.40 bits per heavy atom. The lowest BCUT2D eigenvalue weighted by molar-refractivity contribution is -0.870. The second-order valence-corrected chi connectivity index (χ2v) is 16.4. The van der Waals surface area contributed by atoms with E-state index < -0.39 is 32.5 Å². The Morgan fingerprint density at radius 1 is 0.552 bits per heavy atom. The number of allylic oxidation sites excluding steroid dienone is 18. The summed E-state index contributed by atoms with van der Waals surface area (Å²) in [6.07, 6.45) is 53.0. The van der Waals surface area contributed by atoms with Crippen LogP contribution in [0.4, 0.5) is 0 Å². The second-order valence-electron chi connectivity index (χ2n) is 15.0. The molecule has 10 heteroatoms. The van der Waals surface area contributed by atoms with Crippen LogP contribution in [0.15, 0.2) is 109 Å². The first kappa shape index (κ1) is 54.7. The molecule has 0 aromatic heterocycles. The summed E-state index contributed by atoms with van der Waals surface area (Å²) in [7, 11) is 1.39. The number of carbonyl (C=O) groups excluding carboxylic acids is 2. The highest BCUT2D eigenvalue weighted by atomic mass is 31.2. The van der Waals surface area contributed by atoms with Gasteiger partial charge in [-0.05, 0) is 89.9 Å². The van der Waals surface area contributed by atoms with Gasteiger partial charge in [-0.2, -0.15) is 0 Å². The number of likely N-dealkylation sites (N-methyl/N-ethyl adjacent to an activating group) is 1. The van der Waals surface area contributed by atoms with Gasteiger partial charge < -0.3 is 18.9 Å². The van der Waals surface area contributed by atoms with Gasteiger partial charge >= 0.3 is 19.8 Å². The lowest BCUT2D eigenvalue weighted by Gasteiger charge is -2.24. The van der Waals surface area contributed by atoms with Crippen LogP contribution >= 0.6 is 7.82 Å². The van der Waals surface area contributed by atoms with E-state index in [1.165, 1.54) is 25.7 Å². The molecule has 0 saturated heterocycles. The summed E-state index contributed by atoms with van der Waals surface area (Å²) < 4.78 is 34.1. The first-order valence-electron chi connectivity index (χ1n) is 21.6. The number of carbonyl (C=O) groups is 2. The van der Waals surface area contributed by atoms with E-state index in [0.717, 1.165) is 57.8 Å². The van der Waals surface area contributed by atoms with Crippen molar-refractivity contribution in [2.75, 3.05) is 47.5 Å². The molecule has 58 heavy (non-hydrogen) atoms. The molecule has 0 saturated carbocycles. The number of unbranched alkanes of at least 4 members (excludes halogenated alkanes) is 5. The SMILES string of the molecule is CC/C=C\C/C=C\C/C=C\C/C=C\C/C=C\CCCC(=O)OC[C@H](COP(=O)(O)OCC[N+](C)(C)C)OC(=O)CCC/C=C\C/C=C\C/C=C\C/C=C\CCCCC. The summed E-state index contributed by atoms with van der Waals surface area (Å²) in [5.41, 5.74) is 0. The molecular formula is C48H79NO8P+. The Hall–Kier alpha value is -3.33. The Morgan fingerprint density at radius 2 is 0.966 bits per heavy atom. The minimum absolute atomic E-state index is 0.00604. The third-order valence-corrected chi connectivity index (χ3v) is 9.27. The van der Waals surface area contributed by atoms with E-state index in [2.05, 4.69) is 111 Å². The normalized spacial score (nSPS) is 14.7. The summed E-state index contributed by atoms with van der Waals surface area (Å²) in [6, 6.07) is 0. The first-order chi connectivity index (χ1) is 28.0. The average molecular weight is 829 g/mol. The van der Waals surface area contributed by atoms with Crippen molar-refractivity contribution in [3.63, 3.8) is 0 Å². The van der Waals surface area contributed by atoms with Crippen LogP contribution in [0.1, 0.15) is 129 Å². The number of rotatable bonds is 37. The maximum Gasteiger partial charge on any atom is 0.472 e. The maximum atomic E-state index is 12.7. The molecule has 0 rings (SSSR count). The van der Waals surface area contributed by atoms with Gasteiger partial charge in [0, 0.05) is 12.8 Å². The van der Waals surface area contributed by atoms with Crippen molar-refractivity contribution < 1.29 is 42.1 Å². The maximum absolute atomic E-state index is 12.7. The van der Waals surface area contributed by atoms with Gasteiger partial charge in [0.2, 0.25) is 0 Å². The number of nitrogens with zero attached hydrogens (tertiary/aromatic N) is 1. The lowest BCUT2D eigenvalue weighted by atomic mass is 10.2. The van der Waals surface area contributed by atoms with Crippen LogP contribution in [0.2, 0.25) is 0 Å². The van der Waals surface area contributed by atoms with E-state index >= 15 is 0 Å². The molecule has 0 aliphatic rings. The van der Waals surface area contributed by atoms with Gasteiger partial charge in [-0.15, -0.1) is 0 Å². The van der Waals surface area contributed by atoms with Crippen molar-refractivity contribution in [3.05, 3.63) is 109 Å². The molecule has 0 aromatic carbocycles. The fourth-order valence-electron chi connectivity index (χ4n) is 4.92. The monoisotopic (exact) mass is 829 g/mol. The summed E-state index contributed by atoms with van der Waals surface area (Å²) in [6.45, 7) is 4.11. The average Bonchev–Trinajstić information content (AvgIpc) is 3.17. The Kier molecular flexibility index (Phi) is 36.9. The minimum Gasteiger partial charge on any atom is -0.462 e. The van der Waals surface area contributed by atoms with Gasteiger partial charge in [-0.3, -0.25) is 18.6 Å². The third-order valence-electron chi connectivity index (χ3n) is 8.29. The molecule has 0 aliphatic carbocycles. The highest BCUT2D eigenvalue weighted by Crippen LogP contribution is 2.43. The van der Waals surface area contributed by atoms with Crippen LogP contribution in [0.5, 0.6) is 0 Å². The van der Waals surface area contributed by atoms with Gasteiger partial charge in [0.15, 0.2) is 6.10 Å². The lowest BCUT2D eigenvalue weighted by Crippen LogP contribution is -2.37. The topological polar surface area (TPSA) is 108 Å². The third kappa shape index (κ3) is 42.3. The van der Waals surface area contributed by atoms with Crippen LogP contribution in [0, 0.1) is 0 Å². The predicted molar refractivity (Wildman–Crippen MR) is 242 cm³/mol. The summed E-state index contributed by atoms with van der Waals surface area (Å²) >= 11 is 0. The molecule has 9 nitrogen and oxygen atoms in total. The van der Waals surface area contributed by atoms with Crippen molar-refractivity contribution >= 4 is 19.8 Å². The van der Waals surface area contributed by atoms with E-state index in [1.807, 2.05) is 33.3 Å². The quantitative estimate of drug-likeness (QED) is 0.0217. The van der Waals surface area contributed by atoms with Gasteiger partial charge in [0.05, 0.1) is 27.7 Å². The predicted octanol–water partition coefficient (Wildman–Crippen LogP) is 12.3. The molecule has 0 radical (unpaired) electrons. The Labute approximate surface area is 353 Å². The highest BCUT2D eigenvalue weighted by Gasteiger charge is 2.27. The molecule has 0 spiro atoms. The van der Waals surface area contributed by atoms with Gasteiger partial charge in [0.1, 0.15) is 19.8 Å². The van der Waals surface area contributed by atoms with Crippen LogP contribution in [0.25, 0.3) is 0 Å². The molecule has 2 atom stereocenters. The fourth-order valence-corrected chi connectivity index (χ4v) is 5.66. The number of hydrogen-bond acceptors (Lipinski definition) is 7. The summed E-state index contributed by atoms with van der Waals surface area (Å²) in [5.74, 6) is -0.946. The number of ether oxygens (including phenoxy) is 2. The van der Waals surface area contributed by atoms with Crippen molar-refractivity contribution in [1.29, 1.82) is 0 Å². The zero-order valence-electron chi connectivity index (χ0n) is 36.7. The van der Waals surface area contributed by atoms with Crippen LogP contribution < -0.4 is 0 Å². The molecule has 0 fully saturated rings. The number of phosphoric ester groups is 1. The minimum atomic E-state index is -4.41. The zero-order valence-corrected chi connectivity index (χ0v) is 37.6. The van der Waals surface area contributed by atoms with Crippen LogP contribution in [-0.4, -0.2) is 74.9 Å². The second kappa shape index (κ2) is 39.1. The van der Waals surface area contributed by atoms with Gasteiger partial charge in [0.25, 0.3) is 0 Å². The van der Waals surface area contributed by atoms with Gasteiger partial charge in [-0.1, -0.05) is 136 Å². The molecule has 0 bridgehead atoms. The van der Waals surface area contributed by atoms with E-state index in [-0.39, 0.29) is 26.1 Å². The standard InChI is InChI=1S/C48H78NO8P/c1-6-8-10-12-14-16-18-20-22-24-26-28-30-32-34-36-38-40-47(50)54-44-46(45-56-58(52,53)55-43-42-49(3,4)5)57-48(51)41-39-37-35-33-31-29-27-25-23-21-19-17-15-13-11-9-7-2/h8,10,14-17,20-23,26-29,32-35,46H,6-7,9,11-13,18-19,24-25,30-31,36-45H2,1-5H3/p+1/b10-8-,16-14-,17-15-,22-20-,23-21-,28-26-,29-27-,34-32-,35-33-/t46-/m1/s1. The van der Waals surface area contributed by atoms with Crippen molar-refractivity contribution in [2.24, 2.45) is 0 Å². The molecule has 328 valence electrons. The number of phosphoric acid groups is 1. The molecule has 1 N–H and O–H groups in total. The molecule has 0 aliphatic heterocycles. The largest absolute Gasteiger partial charge is 0.472 e. The van der Waals surface area contributed by atoms with Crippen molar-refractivity contribution in [2.45, 2.75) is 136 Å². The smallest absolute Gasteiger partial charge is 0.462 e. The molecule has 0 heterocycles. The van der Waals surface area contributed by atoms with Gasteiger partial charge in [-0.25, -0.2) is 4.57 Å². The summed E-state index contributed by atoms with van der Waals surface area (Å²) in [4.78, 5) is 35.3. The van der Waals surface area contributed by atoms with Crippen LogP contribution in [-0.2, 0) is 32.7 Å². The fraction of sp³-hybridized carbons (Fsp3) is 0.583. The first-order valence-corrected chi connectivity index (χ1v) is 23.1. The Balaban J connectivity index is 4.59. The van der Waals surface area contributed by atoms with Crippen molar-refractivity contribution in [1.82, 2.24) is 0 Å². The van der Waals surface area contributed by atoms with Crippen LogP contribution in [0.3, 0.4) is 0 Å². The van der Waals surface area contributed by atoms with E-state index in [4.69, 9.17) is 18.5 Å². The van der Waals surface area contributed by atoms with E-state index in [0.29, 0.717) is 30.3 Å².